The van der Waals surface area contributed by atoms with Gasteiger partial charge in [0.05, 0.1) is 23.4 Å². The third-order valence-corrected chi connectivity index (χ3v) is 6.98. The minimum atomic E-state index is -0.251. The van der Waals surface area contributed by atoms with Crippen LogP contribution in [-0.2, 0) is 11.2 Å². The molecule has 7 N–H and O–H groups in total. The molecule has 0 aliphatic heterocycles. The van der Waals surface area contributed by atoms with Gasteiger partial charge in [-0.25, -0.2) is 4.98 Å². The lowest BCUT2D eigenvalue weighted by Gasteiger charge is -2.28. The molecule has 2 aromatic carbocycles. The van der Waals surface area contributed by atoms with E-state index in [0.29, 0.717) is 24.7 Å². The van der Waals surface area contributed by atoms with Gasteiger partial charge in [0.25, 0.3) is 0 Å². The van der Waals surface area contributed by atoms with Crippen LogP contribution in [-0.4, -0.2) is 32.6 Å². The highest BCUT2D eigenvalue weighted by Gasteiger charge is 2.28. The fraction of sp³-hybridized carbons (Fsp3) is 0.346. The van der Waals surface area contributed by atoms with E-state index in [1.807, 2.05) is 42.6 Å². The minimum absolute atomic E-state index is 0.0296. The molecule has 5 rings (SSSR count). The highest BCUT2D eigenvalue weighted by molar-refractivity contribution is 5.91. The Labute approximate surface area is 198 Å². The number of aromatic amines is 2. The number of fused-ring (bicyclic) bond motifs is 1. The van der Waals surface area contributed by atoms with Gasteiger partial charge in [-0.3, -0.25) is 9.89 Å². The largest absolute Gasteiger partial charge is 0.382 e. The Balaban J connectivity index is 1.38. The average molecular weight is 458 g/mol. The van der Waals surface area contributed by atoms with Crippen molar-refractivity contribution in [2.45, 2.75) is 38.1 Å². The summed E-state index contributed by atoms with van der Waals surface area (Å²) in [6.45, 7) is 0.705. The number of amides is 1. The van der Waals surface area contributed by atoms with Crippen molar-refractivity contribution in [2.24, 2.45) is 17.6 Å². The van der Waals surface area contributed by atoms with Crippen LogP contribution in [0.15, 0.2) is 54.7 Å². The summed E-state index contributed by atoms with van der Waals surface area (Å²) in [5.74, 6) is 1.88. The Kier molecular flexibility index (Phi) is 6.31. The summed E-state index contributed by atoms with van der Waals surface area (Å²) in [7, 11) is 0. The number of imidazole rings is 1. The number of nitrogens with one attached hydrogen (secondary N) is 3. The van der Waals surface area contributed by atoms with Gasteiger partial charge in [0, 0.05) is 16.9 Å². The maximum atomic E-state index is 13.2. The Morgan fingerprint density at radius 2 is 1.91 bits per heavy atom. The van der Waals surface area contributed by atoms with Crippen LogP contribution in [0.25, 0.3) is 22.2 Å². The molecule has 4 aromatic rings. The maximum absolute atomic E-state index is 13.2. The lowest BCUT2D eigenvalue weighted by molar-refractivity contribution is -0.127. The first-order valence-corrected chi connectivity index (χ1v) is 11.9. The van der Waals surface area contributed by atoms with Crippen molar-refractivity contribution in [3.05, 3.63) is 66.1 Å². The predicted octanol–water partition coefficient (Wildman–Crippen LogP) is 3.70. The predicted molar refractivity (Wildman–Crippen MR) is 134 cm³/mol. The number of rotatable bonds is 7. The number of benzene rings is 2. The topological polar surface area (TPSA) is 138 Å². The quantitative estimate of drug-likeness (QED) is 0.288. The molecule has 1 atom stereocenters. The van der Waals surface area contributed by atoms with Crippen molar-refractivity contribution in [3.8, 4) is 11.3 Å². The van der Waals surface area contributed by atoms with E-state index in [9.17, 15) is 4.79 Å². The Morgan fingerprint density at radius 3 is 2.68 bits per heavy atom. The fourth-order valence-corrected chi connectivity index (χ4v) is 4.88. The van der Waals surface area contributed by atoms with Crippen molar-refractivity contribution in [3.63, 3.8) is 0 Å². The lowest BCUT2D eigenvalue weighted by Crippen LogP contribution is -2.37. The number of nitrogen functional groups attached to an aromatic ring is 1. The van der Waals surface area contributed by atoms with Crippen LogP contribution in [0.3, 0.4) is 0 Å². The van der Waals surface area contributed by atoms with E-state index < -0.39 is 0 Å². The third-order valence-electron chi connectivity index (χ3n) is 6.98. The van der Waals surface area contributed by atoms with E-state index in [1.54, 1.807) is 0 Å². The van der Waals surface area contributed by atoms with Crippen LogP contribution in [0.2, 0.25) is 0 Å². The van der Waals surface area contributed by atoms with E-state index in [1.165, 1.54) is 0 Å². The van der Waals surface area contributed by atoms with Crippen molar-refractivity contribution in [2.75, 3.05) is 12.3 Å². The molecule has 34 heavy (non-hydrogen) atoms. The molecular formula is C26H31N7O. The molecule has 1 unspecified atom stereocenters. The van der Waals surface area contributed by atoms with Gasteiger partial charge in [0.15, 0.2) is 5.82 Å². The van der Waals surface area contributed by atoms with Crippen LogP contribution < -0.4 is 16.8 Å². The molecule has 0 spiro atoms. The second kappa shape index (κ2) is 9.69. The van der Waals surface area contributed by atoms with E-state index >= 15 is 0 Å². The van der Waals surface area contributed by atoms with Crippen LogP contribution in [0, 0.1) is 11.8 Å². The molecule has 8 heteroatoms. The first kappa shape index (κ1) is 22.2. The smallest absolute Gasteiger partial charge is 0.223 e. The van der Waals surface area contributed by atoms with Gasteiger partial charge in [-0.15, -0.1) is 0 Å². The zero-order valence-corrected chi connectivity index (χ0v) is 19.1. The molecule has 1 aliphatic rings. The van der Waals surface area contributed by atoms with Gasteiger partial charge in [0.1, 0.15) is 5.82 Å². The zero-order chi connectivity index (χ0) is 23.5. The summed E-state index contributed by atoms with van der Waals surface area (Å²) >= 11 is 0. The number of hydrogen-bond donors (Lipinski definition) is 5. The summed E-state index contributed by atoms with van der Waals surface area (Å²) < 4.78 is 0. The summed E-state index contributed by atoms with van der Waals surface area (Å²) in [4.78, 5) is 21.3. The van der Waals surface area contributed by atoms with Crippen molar-refractivity contribution < 1.29 is 4.79 Å². The maximum Gasteiger partial charge on any atom is 0.223 e. The first-order valence-electron chi connectivity index (χ1n) is 11.9. The molecule has 1 fully saturated rings. The summed E-state index contributed by atoms with van der Waals surface area (Å²) in [5, 5.41) is 11.1. The van der Waals surface area contributed by atoms with Crippen LogP contribution >= 0.6 is 0 Å². The normalized spacial score (nSPS) is 19.2. The van der Waals surface area contributed by atoms with Crippen LogP contribution in [0.4, 0.5) is 5.82 Å². The number of anilines is 1. The van der Waals surface area contributed by atoms with Gasteiger partial charge < -0.3 is 21.8 Å². The molecular weight excluding hydrogens is 426 g/mol. The SMILES string of the molecule is NCC1CCC(C(=O)NC(Cc2ccccc2)c2ncc(-c3ccc4[nH]nc(N)c4c3)[nH]2)CC1. The van der Waals surface area contributed by atoms with Crippen LogP contribution in [0.5, 0.6) is 0 Å². The molecule has 1 amide bonds. The summed E-state index contributed by atoms with van der Waals surface area (Å²) in [6.07, 6.45) is 6.28. The average Bonchev–Trinajstić information content (AvgIpc) is 3.51. The van der Waals surface area contributed by atoms with E-state index in [4.69, 9.17) is 11.5 Å². The molecule has 2 aromatic heterocycles. The Bertz CT molecular complexity index is 1250. The fourth-order valence-electron chi connectivity index (χ4n) is 4.88. The summed E-state index contributed by atoms with van der Waals surface area (Å²) in [5.41, 5.74) is 15.7. The van der Waals surface area contributed by atoms with E-state index in [-0.39, 0.29) is 17.9 Å². The lowest BCUT2D eigenvalue weighted by atomic mass is 9.81. The van der Waals surface area contributed by atoms with Gasteiger partial charge in [-0.2, -0.15) is 5.10 Å². The zero-order valence-electron chi connectivity index (χ0n) is 19.1. The standard InChI is InChI=1S/C26H31N7O/c27-14-17-6-8-18(9-7-17)26(34)31-22(12-16-4-2-1-3-5-16)25-29-15-23(30-25)19-10-11-21-20(13-19)24(28)33-32-21/h1-5,10-11,13,15,17-18,22H,6-9,12,14,27H2,(H,29,30)(H,31,34)(H3,28,32,33). The number of nitrogens with zero attached hydrogens (tertiary/aromatic N) is 2. The van der Waals surface area contributed by atoms with E-state index in [2.05, 4.69) is 37.6 Å². The van der Waals surface area contributed by atoms with Gasteiger partial charge in [-0.05, 0) is 62.3 Å². The molecule has 2 heterocycles. The van der Waals surface area contributed by atoms with Gasteiger partial charge in [0.2, 0.25) is 5.91 Å². The summed E-state index contributed by atoms with van der Waals surface area (Å²) in [6, 6.07) is 15.9. The van der Waals surface area contributed by atoms with Gasteiger partial charge >= 0.3 is 0 Å². The van der Waals surface area contributed by atoms with Gasteiger partial charge in [-0.1, -0.05) is 36.4 Å². The molecule has 176 valence electrons. The monoisotopic (exact) mass is 457 g/mol. The third kappa shape index (κ3) is 4.68. The van der Waals surface area contributed by atoms with Crippen molar-refractivity contribution >= 4 is 22.6 Å². The van der Waals surface area contributed by atoms with Crippen molar-refractivity contribution in [1.82, 2.24) is 25.5 Å². The highest BCUT2D eigenvalue weighted by Crippen LogP contribution is 2.30. The number of aromatic nitrogens is 4. The number of carbonyl (C=O) groups is 1. The van der Waals surface area contributed by atoms with E-state index in [0.717, 1.165) is 59.2 Å². The second-order valence-electron chi connectivity index (χ2n) is 9.26. The molecule has 0 bridgehead atoms. The Morgan fingerprint density at radius 1 is 1.12 bits per heavy atom. The molecule has 8 nitrogen and oxygen atoms in total. The molecule has 0 saturated heterocycles. The van der Waals surface area contributed by atoms with Crippen LogP contribution in [0.1, 0.15) is 43.1 Å². The molecule has 1 aliphatic carbocycles. The minimum Gasteiger partial charge on any atom is -0.382 e. The number of hydrogen-bond acceptors (Lipinski definition) is 5. The first-order chi connectivity index (χ1) is 16.6. The number of nitrogens with two attached hydrogens (primary N) is 2. The highest BCUT2D eigenvalue weighted by atomic mass is 16.1. The van der Waals surface area contributed by atoms with Crippen molar-refractivity contribution in [1.29, 1.82) is 0 Å². The molecule has 1 saturated carbocycles. The number of H-pyrrole nitrogens is 2. The second-order valence-corrected chi connectivity index (χ2v) is 9.26. The number of carbonyl (C=O) groups excluding carboxylic acids is 1. The molecule has 0 radical (unpaired) electrons. The Hall–Kier alpha value is -3.65.